The molecule has 0 spiro atoms. The van der Waals surface area contributed by atoms with Crippen LogP contribution in [0.4, 0.5) is 5.69 Å². The number of fused-ring (bicyclic) bond motifs is 3. The summed E-state index contributed by atoms with van der Waals surface area (Å²) in [5, 5.41) is 13.3. The summed E-state index contributed by atoms with van der Waals surface area (Å²) in [6.07, 6.45) is 1.67. The summed E-state index contributed by atoms with van der Waals surface area (Å²) in [6, 6.07) is 17.5. The maximum Gasteiger partial charge on any atom is 0.265 e. The molecule has 0 atom stereocenters. The lowest BCUT2D eigenvalue weighted by atomic mass is 10.1. The van der Waals surface area contributed by atoms with Crippen molar-refractivity contribution in [3.8, 4) is 6.07 Å². The van der Waals surface area contributed by atoms with Crippen LogP contribution in [0.15, 0.2) is 53.3 Å². The maximum atomic E-state index is 13.1. The number of aryl methyl sites for hydroxylation is 1. The van der Waals surface area contributed by atoms with Crippen molar-refractivity contribution in [2.45, 2.75) is 13.8 Å². The molecule has 0 aliphatic rings. The van der Waals surface area contributed by atoms with Crippen molar-refractivity contribution in [2.24, 2.45) is 0 Å². The molecule has 2 aromatic heterocycles. The van der Waals surface area contributed by atoms with Crippen molar-refractivity contribution in [2.75, 3.05) is 5.32 Å². The predicted molar refractivity (Wildman–Crippen MR) is 103 cm³/mol. The van der Waals surface area contributed by atoms with E-state index in [9.17, 15) is 10.1 Å². The topological polar surface area (TPSA) is 70.2 Å². The molecule has 0 radical (unpaired) electrons. The Labute approximate surface area is 149 Å². The number of nitrogens with one attached hydrogen (secondary N) is 1. The maximum absolute atomic E-state index is 13.1. The fourth-order valence-electron chi connectivity index (χ4n) is 3.18. The van der Waals surface area contributed by atoms with Crippen molar-refractivity contribution in [1.29, 1.82) is 5.26 Å². The summed E-state index contributed by atoms with van der Waals surface area (Å²) in [6.45, 7) is 3.79. The lowest BCUT2D eigenvalue weighted by Gasteiger charge is -2.05. The molecule has 0 aliphatic heterocycles. The molecule has 126 valence electrons. The molecule has 0 fully saturated rings. The summed E-state index contributed by atoms with van der Waals surface area (Å²) >= 11 is 0. The minimum atomic E-state index is -0.189. The van der Waals surface area contributed by atoms with Gasteiger partial charge in [0.1, 0.15) is 6.07 Å². The van der Waals surface area contributed by atoms with Crippen molar-refractivity contribution in [1.82, 2.24) is 9.38 Å². The highest BCUT2D eigenvalue weighted by molar-refractivity contribution is 5.82. The van der Waals surface area contributed by atoms with Gasteiger partial charge in [-0.05, 0) is 49.2 Å². The van der Waals surface area contributed by atoms with E-state index in [0.717, 1.165) is 11.3 Å². The van der Waals surface area contributed by atoms with Crippen LogP contribution in [0.2, 0.25) is 0 Å². The van der Waals surface area contributed by atoms with E-state index in [0.29, 0.717) is 33.0 Å². The lowest BCUT2D eigenvalue weighted by molar-refractivity contribution is 1.10. The molecule has 0 saturated carbocycles. The van der Waals surface area contributed by atoms with Crippen LogP contribution in [-0.2, 0) is 0 Å². The monoisotopic (exact) mass is 340 g/mol. The van der Waals surface area contributed by atoms with Gasteiger partial charge in [0.2, 0.25) is 0 Å². The molecule has 2 heterocycles. The molecular formula is C21H16N4O. The largest absolute Gasteiger partial charge is 0.361 e. The Morgan fingerprint density at radius 3 is 2.73 bits per heavy atom. The number of nitriles is 1. The number of anilines is 1. The van der Waals surface area contributed by atoms with E-state index in [4.69, 9.17) is 0 Å². The van der Waals surface area contributed by atoms with Crippen molar-refractivity contribution in [3.05, 3.63) is 80.8 Å². The molecule has 0 saturated heterocycles. The van der Waals surface area contributed by atoms with Gasteiger partial charge in [-0.15, -0.1) is 0 Å². The first kappa shape index (κ1) is 15.9. The lowest BCUT2D eigenvalue weighted by Crippen LogP contribution is -2.34. The zero-order valence-electron chi connectivity index (χ0n) is 14.4. The van der Waals surface area contributed by atoms with E-state index in [1.165, 1.54) is 4.40 Å². The van der Waals surface area contributed by atoms with Gasteiger partial charge in [0.25, 0.3) is 5.56 Å². The third-order valence-corrected chi connectivity index (χ3v) is 4.51. The SMILES string of the molecule is Cc1cccc(N/C=c2\c(C)c(C#N)c3nc4ccccc4n3c2=O)c1. The number of hydrogen-bond donors (Lipinski definition) is 1. The number of aromatic nitrogens is 2. The summed E-state index contributed by atoms with van der Waals surface area (Å²) in [5.41, 5.74) is 4.67. The van der Waals surface area contributed by atoms with Gasteiger partial charge in [-0.25, -0.2) is 4.98 Å². The first-order valence-corrected chi connectivity index (χ1v) is 8.27. The molecule has 0 aliphatic carbocycles. The van der Waals surface area contributed by atoms with Crippen molar-refractivity contribution < 1.29 is 0 Å². The van der Waals surface area contributed by atoms with Crippen molar-refractivity contribution >= 4 is 28.6 Å². The first-order valence-electron chi connectivity index (χ1n) is 8.27. The van der Waals surface area contributed by atoms with E-state index in [1.54, 1.807) is 13.1 Å². The Morgan fingerprint density at radius 2 is 1.96 bits per heavy atom. The van der Waals surface area contributed by atoms with Crippen LogP contribution in [0.5, 0.6) is 0 Å². The van der Waals surface area contributed by atoms with Gasteiger partial charge in [-0.1, -0.05) is 24.3 Å². The minimum Gasteiger partial charge on any atom is -0.361 e. The minimum absolute atomic E-state index is 0.189. The quantitative estimate of drug-likeness (QED) is 0.609. The number of nitrogens with zero attached hydrogens (tertiary/aromatic N) is 3. The third kappa shape index (κ3) is 2.40. The summed E-state index contributed by atoms with van der Waals surface area (Å²) in [5.74, 6) is 0. The zero-order chi connectivity index (χ0) is 18.3. The second-order valence-electron chi connectivity index (χ2n) is 6.25. The van der Waals surface area contributed by atoms with Crippen LogP contribution in [0, 0.1) is 25.2 Å². The Balaban J connectivity index is 2.03. The molecule has 2 aromatic carbocycles. The van der Waals surface area contributed by atoms with E-state index < -0.39 is 0 Å². The first-order chi connectivity index (χ1) is 12.6. The average molecular weight is 340 g/mol. The van der Waals surface area contributed by atoms with Gasteiger partial charge < -0.3 is 5.32 Å². The van der Waals surface area contributed by atoms with E-state index in [1.807, 2.05) is 55.5 Å². The average Bonchev–Trinajstić information content (AvgIpc) is 3.01. The molecule has 5 nitrogen and oxygen atoms in total. The standard InChI is InChI=1S/C21H16N4O/c1-13-6-5-7-15(10-13)23-12-17-14(2)16(11-22)20-24-18-8-3-4-9-19(18)25(20)21(17)26/h3-10,12,23H,1-2H3/b17-12+. The number of rotatable bonds is 2. The van der Waals surface area contributed by atoms with Gasteiger partial charge in [-0.2, -0.15) is 5.26 Å². The van der Waals surface area contributed by atoms with Gasteiger partial charge >= 0.3 is 0 Å². The molecule has 4 aromatic rings. The Bertz CT molecular complexity index is 1310. The highest BCUT2D eigenvalue weighted by Crippen LogP contribution is 2.17. The zero-order valence-corrected chi connectivity index (χ0v) is 14.4. The van der Waals surface area contributed by atoms with Crippen LogP contribution in [-0.4, -0.2) is 9.38 Å². The van der Waals surface area contributed by atoms with Gasteiger partial charge in [0.15, 0.2) is 5.65 Å². The molecule has 1 N–H and O–H groups in total. The van der Waals surface area contributed by atoms with Crippen LogP contribution >= 0.6 is 0 Å². The molecule has 0 unspecified atom stereocenters. The van der Waals surface area contributed by atoms with Gasteiger partial charge in [0, 0.05) is 11.9 Å². The van der Waals surface area contributed by atoms with E-state index in [-0.39, 0.29) is 5.56 Å². The number of imidazole rings is 1. The second-order valence-corrected chi connectivity index (χ2v) is 6.25. The number of pyridine rings is 1. The number of para-hydroxylation sites is 2. The molecule has 26 heavy (non-hydrogen) atoms. The fourth-order valence-corrected chi connectivity index (χ4v) is 3.18. The van der Waals surface area contributed by atoms with Crippen LogP contribution in [0.3, 0.4) is 0 Å². The molecule has 0 bridgehead atoms. The van der Waals surface area contributed by atoms with E-state index >= 15 is 0 Å². The Hall–Kier alpha value is -3.65. The normalized spacial score (nSPS) is 11.8. The molecule has 5 heteroatoms. The third-order valence-electron chi connectivity index (χ3n) is 4.51. The van der Waals surface area contributed by atoms with Crippen LogP contribution < -0.4 is 16.1 Å². The summed E-state index contributed by atoms with van der Waals surface area (Å²) < 4.78 is 1.52. The van der Waals surface area contributed by atoms with Gasteiger partial charge in [-0.3, -0.25) is 9.20 Å². The highest BCUT2D eigenvalue weighted by atomic mass is 16.1. The van der Waals surface area contributed by atoms with E-state index in [2.05, 4.69) is 16.4 Å². The highest BCUT2D eigenvalue weighted by Gasteiger charge is 2.15. The summed E-state index contributed by atoms with van der Waals surface area (Å²) in [4.78, 5) is 17.6. The Kier molecular flexibility index (Phi) is 3.67. The van der Waals surface area contributed by atoms with Crippen LogP contribution in [0.1, 0.15) is 16.7 Å². The molecule has 0 amide bonds. The Morgan fingerprint density at radius 1 is 1.15 bits per heavy atom. The van der Waals surface area contributed by atoms with Crippen molar-refractivity contribution in [3.63, 3.8) is 0 Å². The summed E-state index contributed by atoms with van der Waals surface area (Å²) in [7, 11) is 0. The van der Waals surface area contributed by atoms with Crippen LogP contribution in [0.25, 0.3) is 22.9 Å². The number of hydrogen-bond acceptors (Lipinski definition) is 4. The smallest absolute Gasteiger partial charge is 0.265 e. The predicted octanol–water partition coefficient (Wildman–Crippen LogP) is 2.91. The number of benzene rings is 2. The van der Waals surface area contributed by atoms with Gasteiger partial charge in [0.05, 0.1) is 21.8 Å². The molecule has 4 rings (SSSR count). The molecular weight excluding hydrogens is 324 g/mol. The fraction of sp³-hybridized carbons (Fsp3) is 0.0952. The second kappa shape index (κ2) is 6.01.